The van der Waals surface area contributed by atoms with Crippen molar-refractivity contribution in [1.29, 1.82) is 0 Å². The van der Waals surface area contributed by atoms with E-state index in [0.29, 0.717) is 0 Å². The summed E-state index contributed by atoms with van der Waals surface area (Å²) in [5, 5.41) is 3.55. The molecular formula is C15H29N. The van der Waals surface area contributed by atoms with Gasteiger partial charge in [0.1, 0.15) is 0 Å². The molecule has 1 aliphatic carbocycles. The second kappa shape index (κ2) is 6.05. The summed E-state index contributed by atoms with van der Waals surface area (Å²) in [5.74, 6) is 3.99. The van der Waals surface area contributed by atoms with E-state index >= 15 is 0 Å². The lowest BCUT2D eigenvalue weighted by Gasteiger charge is -2.33. The number of hydrogen-bond donors (Lipinski definition) is 1. The predicted octanol–water partition coefficient (Wildman–Crippen LogP) is 3.84. The topological polar surface area (TPSA) is 12.0 Å². The van der Waals surface area contributed by atoms with E-state index in [2.05, 4.69) is 19.2 Å². The molecule has 0 bridgehead atoms. The summed E-state index contributed by atoms with van der Waals surface area (Å²) >= 11 is 0. The minimum atomic E-state index is 0.914. The summed E-state index contributed by atoms with van der Waals surface area (Å²) in [4.78, 5) is 0. The molecule has 1 saturated carbocycles. The van der Waals surface area contributed by atoms with Gasteiger partial charge in [-0.05, 0) is 68.9 Å². The van der Waals surface area contributed by atoms with Crippen LogP contribution in [0.2, 0.25) is 0 Å². The van der Waals surface area contributed by atoms with Crippen molar-refractivity contribution in [2.75, 3.05) is 13.1 Å². The first-order valence-electron chi connectivity index (χ1n) is 7.46. The fraction of sp³-hybridized carbons (Fsp3) is 1.00. The van der Waals surface area contributed by atoms with Crippen molar-refractivity contribution in [2.45, 2.75) is 58.8 Å². The first-order valence-corrected chi connectivity index (χ1v) is 7.46. The maximum Gasteiger partial charge on any atom is -0.00204 e. The molecule has 16 heavy (non-hydrogen) atoms. The van der Waals surface area contributed by atoms with Gasteiger partial charge in [-0.3, -0.25) is 0 Å². The van der Waals surface area contributed by atoms with Crippen molar-refractivity contribution >= 4 is 0 Å². The molecule has 2 aliphatic rings. The maximum atomic E-state index is 3.55. The van der Waals surface area contributed by atoms with Gasteiger partial charge < -0.3 is 5.32 Å². The third kappa shape index (κ3) is 3.48. The van der Waals surface area contributed by atoms with Gasteiger partial charge in [0, 0.05) is 0 Å². The summed E-state index contributed by atoms with van der Waals surface area (Å²) in [7, 11) is 0. The van der Waals surface area contributed by atoms with Crippen molar-refractivity contribution < 1.29 is 0 Å². The van der Waals surface area contributed by atoms with Crippen LogP contribution in [0, 0.1) is 23.7 Å². The van der Waals surface area contributed by atoms with Crippen LogP contribution in [0.15, 0.2) is 0 Å². The van der Waals surface area contributed by atoms with Gasteiger partial charge in [0.25, 0.3) is 0 Å². The minimum absolute atomic E-state index is 0.914. The molecular weight excluding hydrogens is 194 g/mol. The molecule has 0 aromatic carbocycles. The van der Waals surface area contributed by atoms with Crippen LogP contribution in [0.5, 0.6) is 0 Å². The zero-order valence-corrected chi connectivity index (χ0v) is 11.2. The Bertz CT molecular complexity index is 186. The van der Waals surface area contributed by atoms with Gasteiger partial charge >= 0.3 is 0 Å². The molecule has 0 spiro atoms. The van der Waals surface area contributed by atoms with Gasteiger partial charge in [0.15, 0.2) is 0 Å². The van der Waals surface area contributed by atoms with Gasteiger partial charge in [0.05, 0.1) is 0 Å². The van der Waals surface area contributed by atoms with Crippen LogP contribution in [-0.2, 0) is 0 Å². The molecule has 2 rings (SSSR count). The molecule has 1 heteroatoms. The Balaban J connectivity index is 1.68. The van der Waals surface area contributed by atoms with Gasteiger partial charge in [0.2, 0.25) is 0 Å². The van der Waals surface area contributed by atoms with E-state index in [1.54, 1.807) is 0 Å². The largest absolute Gasteiger partial charge is 0.316 e. The first-order chi connectivity index (χ1) is 7.75. The molecule has 1 atom stereocenters. The van der Waals surface area contributed by atoms with Crippen LogP contribution in [0.1, 0.15) is 58.8 Å². The Morgan fingerprint density at radius 1 is 1.00 bits per heavy atom. The lowest BCUT2D eigenvalue weighted by molar-refractivity contribution is 0.189. The summed E-state index contributed by atoms with van der Waals surface area (Å²) in [6.45, 7) is 7.35. The van der Waals surface area contributed by atoms with Gasteiger partial charge in [-0.25, -0.2) is 0 Å². The third-order valence-electron chi connectivity index (χ3n) is 4.90. The highest BCUT2D eigenvalue weighted by molar-refractivity contribution is 4.78. The smallest absolute Gasteiger partial charge is 0.00204 e. The minimum Gasteiger partial charge on any atom is -0.316 e. The van der Waals surface area contributed by atoms with E-state index in [0.717, 1.165) is 23.7 Å². The maximum absolute atomic E-state index is 3.55. The van der Waals surface area contributed by atoms with Gasteiger partial charge in [-0.2, -0.15) is 0 Å². The van der Waals surface area contributed by atoms with Crippen molar-refractivity contribution in [3.63, 3.8) is 0 Å². The SMILES string of the molecule is CC(C)C1CCC(CC2CCCNC2)CC1. The predicted molar refractivity (Wildman–Crippen MR) is 70.5 cm³/mol. The van der Waals surface area contributed by atoms with Gasteiger partial charge in [-0.15, -0.1) is 0 Å². The normalized spacial score (nSPS) is 36.6. The van der Waals surface area contributed by atoms with Crippen LogP contribution in [-0.4, -0.2) is 13.1 Å². The average Bonchev–Trinajstić information content (AvgIpc) is 2.31. The lowest BCUT2D eigenvalue weighted by Crippen LogP contribution is -2.31. The Morgan fingerprint density at radius 3 is 2.31 bits per heavy atom. The van der Waals surface area contributed by atoms with E-state index in [9.17, 15) is 0 Å². The van der Waals surface area contributed by atoms with Crippen molar-refractivity contribution in [3.8, 4) is 0 Å². The molecule has 0 aromatic heterocycles. The van der Waals surface area contributed by atoms with E-state index in [4.69, 9.17) is 0 Å². The molecule has 1 aliphatic heterocycles. The summed E-state index contributed by atoms with van der Waals surface area (Å²) in [6.07, 6.45) is 10.4. The van der Waals surface area contributed by atoms with E-state index in [1.165, 1.54) is 58.0 Å². The second-order valence-corrected chi connectivity index (χ2v) is 6.47. The van der Waals surface area contributed by atoms with Crippen LogP contribution in [0.4, 0.5) is 0 Å². The zero-order valence-electron chi connectivity index (χ0n) is 11.2. The lowest BCUT2D eigenvalue weighted by atomic mass is 9.74. The third-order valence-corrected chi connectivity index (χ3v) is 4.90. The monoisotopic (exact) mass is 223 g/mol. The van der Waals surface area contributed by atoms with Crippen LogP contribution >= 0.6 is 0 Å². The molecule has 1 N–H and O–H groups in total. The van der Waals surface area contributed by atoms with E-state index < -0.39 is 0 Å². The van der Waals surface area contributed by atoms with Crippen LogP contribution < -0.4 is 5.32 Å². The molecule has 1 saturated heterocycles. The van der Waals surface area contributed by atoms with Crippen molar-refractivity contribution in [3.05, 3.63) is 0 Å². The Hall–Kier alpha value is -0.0400. The fourth-order valence-corrected chi connectivity index (χ4v) is 3.69. The second-order valence-electron chi connectivity index (χ2n) is 6.47. The quantitative estimate of drug-likeness (QED) is 0.766. The molecule has 1 heterocycles. The average molecular weight is 223 g/mol. The highest BCUT2D eigenvalue weighted by atomic mass is 14.9. The Kier molecular flexibility index (Phi) is 4.69. The Labute approximate surface area is 101 Å². The van der Waals surface area contributed by atoms with E-state index in [-0.39, 0.29) is 0 Å². The van der Waals surface area contributed by atoms with Crippen LogP contribution in [0.25, 0.3) is 0 Å². The van der Waals surface area contributed by atoms with Gasteiger partial charge in [-0.1, -0.05) is 26.7 Å². The molecule has 0 amide bonds. The zero-order chi connectivity index (χ0) is 11.4. The molecule has 0 radical (unpaired) electrons. The summed E-state index contributed by atoms with van der Waals surface area (Å²) in [5.41, 5.74) is 0. The van der Waals surface area contributed by atoms with Crippen molar-refractivity contribution in [2.24, 2.45) is 23.7 Å². The number of rotatable bonds is 3. The van der Waals surface area contributed by atoms with Crippen LogP contribution in [0.3, 0.4) is 0 Å². The number of piperidine rings is 1. The first kappa shape index (κ1) is 12.4. The number of hydrogen-bond acceptors (Lipinski definition) is 1. The summed E-state index contributed by atoms with van der Waals surface area (Å²) < 4.78 is 0. The highest BCUT2D eigenvalue weighted by Crippen LogP contribution is 2.36. The molecule has 94 valence electrons. The summed E-state index contributed by atoms with van der Waals surface area (Å²) in [6, 6.07) is 0. The molecule has 1 unspecified atom stereocenters. The Morgan fingerprint density at radius 2 is 1.75 bits per heavy atom. The number of nitrogens with one attached hydrogen (secondary N) is 1. The van der Waals surface area contributed by atoms with Crippen molar-refractivity contribution in [1.82, 2.24) is 5.32 Å². The fourth-order valence-electron chi connectivity index (χ4n) is 3.69. The standard InChI is InChI=1S/C15H29N/c1-12(2)15-7-5-13(6-8-15)10-14-4-3-9-16-11-14/h12-16H,3-11H2,1-2H3. The molecule has 2 fully saturated rings. The molecule has 1 nitrogen and oxygen atoms in total. The molecule has 0 aromatic rings. The highest BCUT2D eigenvalue weighted by Gasteiger charge is 2.25. The van der Waals surface area contributed by atoms with E-state index in [1.807, 2.05) is 0 Å².